The summed E-state index contributed by atoms with van der Waals surface area (Å²) in [6, 6.07) is -0.212. The van der Waals surface area contributed by atoms with E-state index in [1.807, 2.05) is 13.8 Å². The Morgan fingerprint density at radius 1 is 1.24 bits per heavy atom. The lowest BCUT2D eigenvalue weighted by Crippen LogP contribution is -2.31. The third-order valence-corrected chi connectivity index (χ3v) is 6.88. The Kier molecular flexibility index (Phi) is 5.38. The highest BCUT2D eigenvalue weighted by Crippen LogP contribution is 2.39. The topological polar surface area (TPSA) is 136 Å². The molecule has 4 rings (SSSR count). The summed E-state index contributed by atoms with van der Waals surface area (Å²) in [5, 5.41) is 16.2. The van der Waals surface area contributed by atoms with E-state index in [0.29, 0.717) is 42.8 Å². The molecule has 10 nitrogen and oxygen atoms in total. The smallest absolute Gasteiger partial charge is 0.227 e. The van der Waals surface area contributed by atoms with Gasteiger partial charge in [-0.15, -0.1) is 0 Å². The number of sulfonamides is 1. The second kappa shape index (κ2) is 7.69. The molecule has 0 aromatic carbocycles. The molecule has 1 aliphatic heterocycles. The Balaban J connectivity index is 1.63. The fourth-order valence-corrected chi connectivity index (χ4v) is 4.45. The summed E-state index contributed by atoms with van der Waals surface area (Å²) in [5.74, 6) is 2.58. The summed E-state index contributed by atoms with van der Waals surface area (Å²) < 4.78 is 25.1. The molecular weight excluding hydrogens is 394 g/mol. The molecular formula is C18H29N7O3S. The van der Waals surface area contributed by atoms with Crippen LogP contribution in [0.1, 0.15) is 44.9 Å². The molecule has 2 aromatic heterocycles. The molecule has 2 atom stereocenters. The minimum absolute atomic E-state index is 0.0261. The normalized spacial score (nSPS) is 21.8. The molecule has 3 heterocycles. The van der Waals surface area contributed by atoms with E-state index in [2.05, 4.69) is 30.6 Å². The first-order valence-electron chi connectivity index (χ1n) is 10.1. The van der Waals surface area contributed by atoms with E-state index in [9.17, 15) is 13.5 Å². The van der Waals surface area contributed by atoms with Crippen molar-refractivity contribution < 1.29 is 13.5 Å². The van der Waals surface area contributed by atoms with Gasteiger partial charge in [-0.3, -0.25) is 0 Å². The van der Waals surface area contributed by atoms with E-state index in [4.69, 9.17) is 0 Å². The maximum absolute atomic E-state index is 11.8. The second-order valence-corrected chi connectivity index (χ2v) is 10.4. The number of anilines is 2. The highest BCUT2D eigenvalue weighted by atomic mass is 32.2. The van der Waals surface area contributed by atoms with Gasteiger partial charge in [0.2, 0.25) is 16.0 Å². The van der Waals surface area contributed by atoms with Crippen LogP contribution in [0, 0.1) is 5.92 Å². The van der Waals surface area contributed by atoms with Crippen LogP contribution in [0.4, 0.5) is 11.8 Å². The molecule has 4 N–H and O–H groups in total. The molecule has 11 heteroatoms. The van der Waals surface area contributed by atoms with Crippen LogP contribution in [0.25, 0.3) is 11.2 Å². The maximum atomic E-state index is 11.8. The first-order chi connectivity index (χ1) is 13.7. The van der Waals surface area contributed by atoms with Crippen LogP contribution in [-0.2, 0) is 10.0 Å². The minimum atomic E-state index is -3.21. The van der Waals surface area contributed by atoms with Crippen LogP contribution < -0.4 is 10.6 Å². The summed E-state index contributed by atoms with van der Waals surface area (Å²) in [5.41, 5.74) is 1.31. The number of nitrogens with one attached hydrogen (secondary N) is 3. The van der Waals surface area contributed by atoms with Crippen molar-refractivity contribution >= 4 is 33.0 Å². The lowest BCUT2D eigenvalue weighted by molar-refractivity contribution is 0.248. The van der Waals surface area contributed by atoms with Gasteiger partial charge in [-0.05, 0) is 25.2 Å². The van der Waals surface area contributed by atoms with Crippen molar-refractivity contribution in [1.82, 2.24) is 24.2 Å². The molecule has 2 aliphatic rings. The molecule has 29 heavy (non-hydrogen) atoms. The van der Waals surface area contributed by atoms with E-state index in [0.717, 1.165) is 24.2 Å². The van der Waals surface area contributed by atoms with Crippen molar-refractivity contribution in [2.24, 2.45) is 5.92 Å². The Morgan fingerprint density at radius 3 is 2.59 bits per heavy atom. The molecule has 1 saturated heterocycles. The number of hydrogen-bond donors (Lipinski definition) is 4. The van der Waals surface area contributed by atoms with Gasteiger partial charge in [-0.25, -0.2) is 17.7 Å². The Bertz CT molecular complexity index is 987. The van der Waals surface area contributed by atoms with Crippen molar-refractivity contribution in [1.29, 1.82) is 0 Å². The first kappa shape index (κ1) is 20.3. The third kappa shape index (κ3) is 4.46. The fraction of sp³-hybridized carbons (Fsp3) is 0.722. The third-order valence-electron chi connectivity index (χ3n) is 5.61. The number of hydrogen-bond acceptors (Lipinski definition) is 8. The minimum Gasteiger partial charge on any atom is -0.394 e. The van der Waals surface area contributed by atoms with Gasteiger partial charge < -0.3 is 20.7 Å². The molecule has 160 valence electrons. The highest BCUT2D eigenvalue weighted by molar-refractivity contribution is 7.88. The number of aromatic nitrogens is 4. The molecule has 0 unspecified atom stereocenters. The van der Waals surface area contributed by atoms with Crippen LogP contribution in [0.2, 0.25) is 0 Å². The van der Waals surface area contributed by atoms with Crippen molar-refractivity contribution in [3.05, 3.63) is 5.82 Å². The zero-order valence-corrected chi connectivity index (χ0v) is 17.8. The van der Waals surface area contributed by atoms with Crippen LogP contribution in [0.5, 0.6) is 0 Å². The summed E-state index contributed by atoms with van der Waals surface area (Å²) in [6.45, 7) is 4.91. The molecule has 1 aliphatic carbocycles. The Labute approximate surface area is 170 Å². The van der Waals surface area contributed by atoms with Gasteiger partial charge in [0, 0.05) is 25.0 Å². The number of aromatic amines is 1. The maximum Gasteiger partial charge on any atom is 0.227 e. The van der Waals surface area contributed by atoms with Gasteiger partial charge in [0.15, 0.2) is 11.5 Å². The molecule has 0 spiro atoms. The van der Waals surface area contributed by atoms with E-state index >= 15 is 0 Å². The highest BCUT2D eigenvalue weighted by Gasteiger charge is 2.31. The average Bonchev–Trinajstić information content (AvgIpc) is 3.22. The van der Waals surface area contributed by atoms with Gasteiger partial charge >= 0.3 is 0 Å². The Morgan fingerprint density at radius 2 is 2.00 bits per heavy atom. The predicted octanol–water partition coefficient (Wildman–Crippen LogP) is 1.10. The van der Waals surface area contributed by atoms with Crippen molar-refractivity contribution in [2.45, 2.75) is 51.1 Å². The van der Waals surface area contributed by atoms with Gasteiger partial charge in [0.25, 0.3) is 0 Å². The van der Waals surface area contributed by atoms with Crippen molar-refractivity contribution in [2.75, 3.05) is 36.6 Å². The number of H-pyrrole nitrogens is 1. The van der Waals surface area contributed by atoms with Gasteiger partial charge in [0.1, 0.15) is 11.3 Å². The first-order valence-corrected chi connectivity index (χ1v) is 12.0. The summed E-state index contributed by atoms with van der Waals surface area (Å²) >= 11 is 0. The largest absolute Gasteiger partial charge is 0.394 e. The SMILES string of the molecule is CC(C)[C@H](CO)Nc1nc(N[C@H]2CCN(S(C)(=O)=O)C2)c2[nH]c(C3CC3)nc2n1. The molecule has 0 amide bonds. The van der Waals surface area contributed by atoms with Crippen LogP contribution in [0.3, 0.4) is 0 Å². The zero-order chi connectivity index (χ0) is 20.8. The van der Waals surface area contributed by atoms with Crippen LogP contribution in [0.15, 0.2) is 0 Å². The zero-order valence-electron chi connectivity index (χ0n) is 17.0. The molecule has 0 bridgehead atoms. The molecule has 2 aromatic rings. The average molecular weight is 424 g/mol. The van der Waals surface area contributed by atoms with Gasteiger partial charge in [-0.2, -0.15) is 9.97 Å². The van der Waals surface area contributed by atoms with Gasteiger partial charge in [-0.1, -0.05) is 13.8 Å². The van der Waals surface area contributed by atoms with E-state index < -0.39 is 10.0 Å². The fourth-order valence-electron chi connectivity index (χ4n) is 3.56. The van der Waals surface area contributed by atoms with E-state index in [-0.39, 0.29) is 24.6 Å². The summed E-state index contributed by atoms with van der Waals surface area (Å²) in [7, 11) is -3.21. The lowest BCUT2D eigenvalue weighted by atomic mass is 10.1. The molecule has 2 fully saturated rings. The number of fused-ring (bicyclic) bond motifs is 1. The molecule has 1 saturated carbocycles. The number of nitrogens with zero attached hydrogens (tertiary/aromatic N) is 4. The van der Waals surface area contributed by atoms with Crippen LogP contribution in [-0.4, -0.2) is 75.8 Å². The Hall–Kier alpha value is -1.98. The number of rotatable bonds is 8. The standard InChI is InChI=1S/C18H29N7O3S/c1-10(2)13(9-26)20-18-23-16(19-12-6-7-25(8-12)29(3,27)28)14-17(24-18)22-15(21-14)11-4-5-11/h10-13,26H,4-9H2,1-3H3,(H3,19,20,21,22,23,24)/t12-,13-/m0/s1. The monoisotopic (exact) mass is 423 g/mol. The number of aliphatic hydroxyl groups excluding tert-OH is 1. The van der Waals surface area contributed by atoms with Gasteiger partial charge in [0.05, 0.1) is 18.9 Å². The number of imidazole rings is 1. The second-order valence-electron chi connectivity index (χ2n) is 8.42. The predicted molar refractivity (Wildman–Crippen MR) is 111 cm³/mol. The summed E-state index contributed by atoms with van der Waals surface area (Å²) in [6.07, 6.45) is 4.17. The number of aliphatic hydroxyl groups is 1. The quantitative estimate of drug-likeness (QED) is 0.496. The van der Waals surface area contributed by atoms with Crippen LogP contribution >= 0.6 is 0 Å². The van der Waals surface area contributed by atoms with Crippen molar-refractivity contribution in [3.8, 4) is 0 Å². The van der Waals surface area contributed by atoms with E-state index in [1.54, 1.807) is 0 Å². The van der Waals surface area contributed by atoms with Crippen molar-refractivity contribution in [3.63, 3.8) is 0 Å². The lowest BCUT2D eigenvalue weighted by Gasteiger charge is -2.21. The summed E-state index contributed by atoms with van der Waals surface area (Å²) in [4.78, 5) is 17.2. The molecule has 0 radical (unpaired) electrons. The van der Waals surface area contributed by atoms with E-state index in [1.165, 1.54) is 10.6 Å².